The highest BCUT2D eigenvalue weighted by molar-refractivity contribution is 5.78. The maximum Gasteiger partial charge on any atom is 0.586 e. The smallest absolute Gasteiger partial charge is 0.483 e. The van der Waals surface area contributed by atoms with Gasteiger partial charge in [0.2, 0.25) is 0 Å². The molecule has 1 amide bonds. The molecule has 0 atom stereocenters. The van der Waals surface area contributed by atoms with Gasteiger partial charge in [0.15, 0.2) is 18.1 Å². The Morgan fingerprint density at radius 1 is 0.943 bits per heavy atom. The first-order valence-corrected chi connectivity index (χ1v) is 11.9. The van der Waals surface area contributed by atoms with E-state index in [2.05, 4.69) is 9.47 Å². The fourth-order valence-corrected chi connectivity index (χ4v) is 4.67. The Balaban J connectivity index is 1.09. The highest BCUT2D eigenvalue weighted by Gasteiger charge is 2.43. The number of benzene rings is 3. The summed E-state index contributed by atoms with van der Waals surface area (Å²) in [7, 11) is 0. The third-order valence-corrected chi connectivity index (χ3v) is 6.60. The van der Waals surface area contributed by atoms with E-state index in [-0.39, 0.29) is 24.0 Å². The Kier molecular flexibility index (Phi) is 6.57. The van der Waals surface area contributed by atoms with Gasteiger partial charge >= 0.3 is 6.29 Å². The summed E-state index contributed by atoms with van der Waals surface area (Å²) >= 11 is 0. The standard InChI is InChI=1S/C28H27F2NO4/c29-28(30)34-25-13-12-21(18-26(25)35-28)11-10-20-14-16-31(17-15-20)27(32)19-33-24-9-5-4-8-23(24)22-6-2-1-3-7-22/h1-9,12-13,18,20H,10-11,14-17,19H2. The van der Waals surface area contributed by atoms with E-state index in [4.69, 9.17) is 4.74 Å². The monoisotopic (exact) mass is 479 g/mol. The molecule has 0 unspecified atom stereocenters. The largest absolute Gasteiger partial charge is 0.586 e. The topological polar surface area (TPSA) is 48.0 Å². The summed E-state index contributed by atoms with van der Waals surface area (Å²) in [5.74, 6) is 1.32. The zero-order chi connectivity index (χ0) is 24.3. The number of amides is 1. The molecule has 7 heteroatoms. The Hall–Kier alpha value is -3.61. The Labute approximate surface area is 203 Å². The molecule has 35 heavy (non-hydrogen) atoms. The number of nitrogens with zero attached hydrogens (tertiary/aromatic N) is 1. The molecule has 1 fully saturated rings. The lowest BCUT2D eigenvalue weighted by atomic mass is 9.90. The third-order valence-electron chi connectivity index (χ3n) is 6.60. The predicted octanol–water partition coefficient (Wildman–Crippen LogP) is 5.93. The Morgan fingerprint density at radius 3 is 2.46 bits per heavy atom. The number of hydrogen-bond donors (Lipinski definition) is 0. The normalized spacial score (nSPS) is 16.8. The van der Waals surface area contributed by atoms with Crippen molar-refractivity contribution < 1.29 is 27.8 Å². The first kappa shape index (κ1) is 23.1. The number of aryl methyl sites for hydroxylation is 1. The quantitative estimate of drug-likeness (QED) is 0.422. The summed E-state index contributed by atoms with van der Waals surface area (Å²) in [6, 6.07) is 22.7. The molecule has 0 bridgehead atoms. The molecular formula is C28H27F2NO4. The molecule has 3 aromatic carbocycles. The Morgan fingerprint density at radius 2 is 1.66 bits per heavy atom. The van der Waals surface area contributed by atoms with Crippen molar-refractivity contribution in [3.8, 4) is 28.4 Å². The van der Waals surface area contributed by atoms with Crippen molar-refractivity contribution in [2.75, 3.05) is 19.7 Å². The van der Waals surface area contributed by atoms with Crippen LogP contribution in [0.5, 0.6) is 17.2 Å². The van der Waals surface area contributed by atoms with Gasteiger partial charge in [-0.3, -0.25) is 4.79 Å². The maximum atomic E-state index is 13.2. The number of piperidine rings is 1. The highest BCUT2D eigenvalue weighted by Crippen LogP contribution is 2.41. The molecule has 0 radical (unpaired) electrons. The molecular weight excluding hydrogens is 452 g/mol. The highest BCUT2D eigenvalue weighted by atomic mass is 19.3. The van der Waals surface area contributed by atoms with Crippen LogP contribution in [-0.2, 0) is 11.2 Å². The molecule has 2 heterocycles. The number of ether oxygens (including phenoxy) is 3. The first-order chi connectivity index (χ1) is 17.0. The van der Waals surface area contributed by atoms with Crippen LogP contribution in [0.4, 0.5) is 8.78 Å². The summed E-state index contributed by atoms with van der Waals surface area (Å²) in [4.78, 5) is 14.6. The number of likely N-dealkylation sites (tertiary alicyclic amines) is 1. The maximum absolute atomic E-state index is 13.2. The second kappa shape index (κ2) is 9.94. The number of hydrogen-bond acceptors (Lipinski definition) is 4. The van der Waals surface area contributed by atoms with Crippen LogP contribution >= 0.6 is 0 Å². The summed E-state index contributed by atoms with van der Waals surface area (Å²) in [6.45, 7) is 1.40. The average molecular weight is 480 g/mol. The van der Waals surface area contributed by atoms with Crippen molar-refractivity contribution in [1.82, 2.24) is 4.90 Å². The van der Waals surface area contributed by atoms with Gasteiger partial charge in [0.25, 0.3) is 5.91 Å². The number of halogens is 2. The molecule has 182 valence electrons. The van der Waals surface area contributed by atoms with Gasteiger partial charge in [-0.25, -0.2) is 0 Å². The van der Waals surface area contributed by atoms with Crippen LogP contribution in [0.15, 0.2) is 72.8 Å². The molecule has 0 saturated carbocycles. The first-order valence-electron chi connectivity index (χ1n) is 11.9. The molecule has 3 aromatic rings. The minimum absolute atomic E-state index is 0.0103. The summed E-state index contributed by atoms with van der Waals surface area (Å²) in [5, 5.41) is 0. The van der Waals surface area contributed by atoms with E-state index in [0.717, 1.165) is 42.4 Å². The van der Waals surface area contributed by atoms with Crippen LogP contribution < -0.4 is 14.2 Å². The van der Waals surface area contributed by atoms with E-state index < -0.39 is 6.29 Å². The van der Waals surface area contributed by atoms with E-state index >= 15 is 0 Å². The lowest BCUT2D eigenvalue weighted by molar-refractivity contribution is -0.286. The fraction of sp³-hybridized carbons (Fsp3) is 0.321. The van der Waals surface area contributed by atoms with Crippen molar-refractivity contribution >= 4 is 5.91 Å². The van der Waals surface area contributed by atoms with E-state index in [0.29, 0.717) is 24.8 Å². The number of carbonyl (C=O) groups is 1. The summed E-state index contributed by atoms with van der Waals surface area (Å²) in [6.07, 6.45) is -0.0726. The van der Waals surface area contributed by atoms with Crippen molar-refractivity contribution in [3.05, 3.63) is 78.4 Å². The van der Waals surface area contributed by atoms with Gasteiger partial charge in [0.1, 0.15) is 5.75 Å². The molecule has 0 aromatic heterocycles. The minimum Gasteiger partial charge on any atom is -0.483 e. The summed E-state index contributed by atoms with van der Waals surface area (Å²) in [5.41, 5.74) is 2.95. The number of rotatable bonds is 7. The predicted molar refractivity (Wildman–Crippen MR) is 128 cm³/mol. The van der Waals surface area contributed by atoms with E-state index in [1.54, 1.807) is 12.1 Å². The zero-order valence-electron chi connectivity index (χ0n) is 19.3. The second-order valence-corrected chi connectivity index (χ2v) is 8.96. The zero-order valence-corrected chi connectivity index (χ0v) is 19.3. The molecule has 5 nitrogen and oxygen atoms in total. The lowest BCUT2D eigenvalue weighted by Crippen LogP contribution is -2.41. The summed E-state index contributed by atoms with van der Waals surface area (Å²) < 4.78 is 41.3. The van der Waals surface area contributed by atoms with Crippen molar-refractivity contribution in [3.63, 3.8) is 0 Å². The molecule has 0 N–H and O–H groups in total. The van der Waals surface area contributed by atoms with Gasteiger partial charge in [-0.1, -0.05) is 54.6 Å². The van der Waals surface area contributed by atoms with Crippen LogP contribution in [0.2, 0.25) is 0 Å². The molecule has 1 saturated heterocycles. The number of alkyl halides is 2. The second-order valence-electron chi connectivity index (χ2n) is 8.96. The van der Waals surface area contributed by atoms with Crippen LogP contribution in [0.3, 0.4) is 0 Å². The van der Waals surface area contributed by atoms with Crippen molar-refractivity contribution in [2.24, 2.45) is 5.92 Å². The molecule has 2 aliphatic rings. The van der Waals surface area contributed by atoms with Crippen molar-refractivity contribution in [1.29, 1.82) is 0 Å². The van der Waals surface area contributed by atoms with Crippen LogP contribution in [0, 0.1) is 5.92 Å². The molecule has 0 aliphatic carbocycles. The van der Waals surface area contributed by atoms with Crippen LogP contribution in [0.25, 0.3) is 11.1 Å². The SMILES string of the molecule is O=C(COc1ccccc1-c1ccccc1)N1CCC(CCc2ccc3c(c2)OC(F)(F)O3)CC1. The van der Waals surface area contributed by atoms with E-state index in [9.17, 15) is 13.6 Å². The lowest BCUT2D eigenvalue weighted by Gasteiger charge is -2.32. The van der Waals surface area contributed by atoms with Crippen molar-refractivity contribution in [2.45, 2.75) is 32.0 Å². The minimum atomic E-state index is -3.59. The van der Waals surface area contributed by atoms with Gasteiger partial charge in [0, 0.05) is 18.7 Å². The van der Waals surface area contributed by atoms with Gasteiger partial charge in [0.05, 0.1) is 0 Å². The van der Waals surface area contributed by atoms with E-state index in [1.807, 2.05) is 59.5 Å². The van der Waals surface area contributed by atoms with Gasteiger partial charge in [-0.15, -0.1) is 8.78 Å². The van der Waals surface area contributed by atoms with Crippen LogP contribution in [0.1, 0.15) is 24.8 Å². The average Bonchev–Trinajstić information content (AvgIpc) is 3.20. The van der Waals surface area contributed by atoms with Gasteiger partial charge in [-0.2, -0.15) is 0 Å². The number of carbonyl (C=O) groups excluding carboxylic acids is 1. The van der Waals surface area contributed by atoms with E-state index in [1.165, 1.54) is 6.07 Å². The number of fused-ring (bicyclic) bond motifs is 1. The Bertz CT molecular complexity index is 1180. The fourth-order valence-electron chi connectivity index (χ4n) is 4.67. The molecule has 0 spiro atoms. The molecule has 2 aliphatic heterocycles. The molecule has 5 rings (SSSR count). The number of para-hydroxylation sites is 1. The third kappa shape index (κ3) is 5.56. The van der Waals surface area contributed by atoms with Gasteiger partial charge in [-0.05, 0) is 60.9 Å². The van der Waals surface area contributed by atoms with Crippen LogP contribution in [-0.4, -0.2) is 36.8 Å². The van der Waals surface area contributed by atoms with Gasteiger partial charge < -0.3 is 19.1 Å².